The number of carbonyl (C=O) groups is 1. The maximum atomic E-state index is 13.3. The van der Waals surface area contributed by atoms with Gasteiger partial charge in [-0.15, -0.1) is 0 Å². The average molecular weight is 299 g/mol. The van der Waals surface area contributed by atoms with E-state index < -0.39 is 11.8 Å². The van der Waals surface area contributed by atoms with Gasteiger partial charge in [0.15, 0.2) is 11.6 Å². The van der Waals surface area contributed by atoms with Gasteiger partial charge in [0.1, 0.15) is 18.9 Å². The first-order chi connectivity index (χ1) is 10.7. The van der Waals surface area contributed by atoms with Crippen LogP contribution < -0.4 is 4.74 Å². The number of hydrogen-bond donors (Lipinski definition) is 1. The minimum Gasteiger partial charge on any atom is -0.487 e. The number of H-pyrrole nitrogens is 1. The summed E-state index contributed by atoms with van der Waals surface area (Å²) in [7, 11) is 0. The summed E-state index contributed by atoms with van der Waals surface area (Å²) in [6.45, 7) is 0.134. The van der Waals surface area contributed by atoms with Gasteiger partial charge in [-0.2, -0.15) is 0 Å². The van der Waals surface area contributed by atoms with E-state index in [4.69, 9.17) is 9.47 Å². The van der Waals surface area contributed by atoms with Crippen LogP contribution in [0.1, 0.15) is 10.5 Å². The number of fused-ring (bicyclic) bond motifs is 1. The molecule has 0 aliphatic heterocycles. The smallest absolute Gasteiger partial charge is 0.354 e. The molecular formula is C17H14FNO3. The van der Waals surface area contributed by atoms with E-state index in [2.05, 4.69) is 4.98 Å². The van der Waals surface area contributed by atoms with Crippen LogP contribution in [-0.2, 0) is 4.74 Å². The predicted molar refractivity (Wildman–Crippen MR) is 80.5 cm³/mol. The van der Waals surface area contributed by atoms with Crippen molar-refractivity contribution in [3.05, 3.63) is 66.1 Å². The first kappa shape index (κ1) is 14.1. The predicted octanol–water partition coefficient (Wildman–Crippen LogP) is 3.54. The van der Waals surface area contributed by atoms with Crippen molar-refractivity contribution in [2.75, 3.05) is 13.2 Å². The molecule has 5 heteroatoms. The largest absolute Gasteiger partial charge is 0.487 e. The molecule has 1 heterocycles. The minimum absolute atomic E-state index is 0.0442. The summed E-state index contributed by atoms with van der Waals surface area (Å²) in [5, 5.41) is 0.942. The lowest BCUT2D eigenvalue weighted by Gasteiger charge is -2.07. The Morgan fingerprint density at radius 1 is 1.05 bits per heavy atom. The zero-order valence-corrected chi connectivity index (χ0v) is 11.7. The summed E-state index contributed by atoms with van der Waals surface area (Å²) >= 11 is 0. The molecule has 22 heavy (non-hydrogen) atoms. The van der Waals surface area contributed by atoms with E-state index in [1.165, 1.54) is 12.1 Å². The van der Waals surface area contributed by atoms with Gasteiger partial charge in [0.25, 0.3) is 0 Å². The van der Waals surface area contributed by atoms with Crippen LogP contribution in [0.3, 0.4) is 0 Å². The summed E-state index contributed by atoms with van der Waals surface area (Å²) in [4.78, 5) is 14.9. The monoisotopic (exact) mass is 299 g/mol. The van der Waals surface area contributed by atoms with E-state index in [-0.39, 0.29) is 19.0 Å². The lowest BCUT2D eigenvalue weighted by atomic mass is 10.2. The number of benzene rings is 2. The third kappa shape index (κ3) is 3.09. The van der Waals surface area contributed by atoms with Crippen LogP contribution in [-0.4, -0.2) is 24.2 Å². The van der Waals surface area contributed by atoms with Gasteiger partial charge in [-0.25, -0.2) is 9.18 Å². The Bertz CT molecular complexity index is 764. The molecule has 0 aliphatic rings. The molecule has 0 atom stereocenters. The molecule has 0 saturated heterocycles. The van der Waals surface area contributed by atoms with Gasteiger partial charge in [0, 0.05) is 10.9 Å². The standard InChI is InChI=1S/C17H14FNO3/c18-13-6-2-4-8-16(13)21-9-10-22-17(20)15-11-12-5-1-3-7-14(12)19-15/h1-8,11,19H,9-10H2. The first-order valence-electron chi connectivity index (χ1n) is 6.86. The highest BCUT2D eigenvalue weighted by Gasteiger charge is 2.10. The van der Waals surface area contributed by atoms with Gasteiger partial charge in [-0.3, -0.25) is 0 Å². The van der Waals surface area contributed by atoms with E-state index in [1.807, 2.05) is 24.3 Å². The molecule has 0 bridgehead atoms. The third-order valence-electron chi connectivity index (χ3n) is 3.16. The summed E-state index contributed by atoms with van der Waals surface area (Å²) < 4.78 is 23.6. The van der Waals surface area contributed by atoms with E-state index >= 15 is 0 Å². The molecule has 2 aromatic carbocycles. The van der Waals surface area contributed by atoms with E-state index in [0.29, 0.717) is 5.69 Å². The Hall–Kier alpha value is -2.82. The maximum absolute atomic E-state index is 13.3. The molecule has 3 aromatic rings. The van der Waals surface area contributed by atoms with Crippen molar-refractivity contribution in [1.82, 2.24) is 4.98 Å². The molecule has 0 spiro atoms. The third-order valence-corrected chi connectivity index (χ3v) is 3.16. The van der Waals surface area contributed by atoms with Crippen molar-refractivity contribution < 1.29 is 18.7 Å². The molecule has 0 radical (unpaired) electrons. The molecule has 0 fully saturated rings. The Labute approximate surface area is 126 Å². The zero-order chi connectivity index (χ0) is 15.4. The number of carbonyl (C=O) groups excluding carboxylic acids is 1. The van der Waals surface area contributed by atoms with Crippen LogP contribution in [0.15, 0.2) is 54.6 Å². The molecule has 0 saturated carbocycles. The first-order valence-corrected chi connectivity index (χ1v) is 6.86. The number of ether oxygens (including phenoxy) is 2. The molecule has 4 nitrogen and oxygen atoms in total. The van der Waals surface area contributed by atoms with Gasteiger partial charge in [0.05, 0.1) is 0 Å². The second kappa shape index (κ2) is 6.30. The molecule has 3 rings (SSSR count). The Balaban J connectivity index is 1.53. The normalized spacial score (nSPS) is 10.6. The summed E-state index contributed by atoms with van der Waals surface area (Å²) in [6.07, 6.45) is 0. The highest BCUT2D eigenvalue weighted by atomic mass is 19.1. The quantitative estimate of drug-likeness (QED) is 0.579. The number of halogens is 1. The fourth-order valence-corrected chi connectivity index (χ4v) is 2.11. The van der Waals surface area contributed by atoms with Crippen LogP contribution in [0, 0.1) is 5.82 Å². The second-order valence-electron chi connectivity index (χ2n) is 4.69. The van der Waals surface area contributed by atoms with Gasteiger partial charge in [-0.1, -0.05) is 30.3 Å². The molecule has 0 amide bonds. The van der Waals surface area contributed by atoms with Crippen molar-refractivity contribution in [2.45, 2.75) is 0 Å². The molecule has 1 N–H and O–H groups in total. The number of aromatic nitrogens is 1. The van der Waals surface area contributed by atoms with Gasteiger partial charge < -0.3 is 14.5 Å². The van der Waals surface area contributed by atoms with Crippen molar-refractivity contribution in [1.29, 1.82) is 0 Å². The Morgan fingerprint density at radius 2 is 1.82 bits per heavy atom. The van der Waals surface area contributed by atoms with E-state index in [0.717, 1.165) is 10.9 Å². The maximum Gasteiger partial charge on any atom is 0.354 e. The van der Waals surface area contributed by atoms with E-state index in [1.54, 1.807) is 18.2 Å². The van der Waals surface area contributed by atoms with Crippen molar-refractivity contribution in [2.24, 2.45) is 0 Å². The SMILES string of the molecule is O=C(OCCOc1ccccc1F)c1cc2ccccc2[nH]1. The highest BCUT2D eigenvalue weighted by Crippen LogP contribution is 2.16. The Morgan fingerprint density at radius 3 is 2.64 bits per heavy atom. The number of esters is 1. The fourth-order valence-electron chi connectivity index (χ4n) is 2.11. The van der Waals surface area contributed by atoms with Crippen LogP contribution in [0.5, 0.6) is 5.75 Å². The van der Waals surface area contributed by atoms with Crippen LogP contribution in [0.4, 0.5) is 4.39 Å². The van der Waals surface area contributed by atoms with Crippen LogP contribution in [0.2, 0.25) is 0 Å². The minimum atomic E-state index is -0.465. The summed E-state index contributed by atoms with van der Waals surface area (Å²) in [5.41, 5.74) is 1.25. The van der Waals surface area contributed by atoms with E-state index in [9.17, 15) is 9.18 Å². The van der Waals surface area contributed by atoms with Crippen molar-refractivity contribution >= 4 is 16.9 Å². The Kier molecular flexibility index (Phi) is 4.05. The van der Waals surface area contributed by atoms with Gasteiger partial charge in [0.2, 0.25) is 0 Å². The van der Waals surface area contributed by atoms with Crippen molar-refractivity contribution in [3.63, 3.8) is 0 Å². The number of hydrogen-bond acceptors (Lipinski definition) is 3. The van der Waals surface area contributed by atoms with Crippen molar-refractivity contribution in [3.8, 4) is 5.75 Å². The molecule has 112 valence electrons. The number of rotatable bonds is 5. The lowest BCUT2D eigenvalue weighted by molar-refractivity contribution is 0.0443. The topological polar surface area (TPSA) is 51.3 Å². The average Bonchev–Trinajstić information content (AvgIpc) is 2.97. The highest BCUT2D eigenvalue weighted by molar-refractivity contribution is 5.94. The van der Waals surface area contributed by atoms with Gasteiger partial charge >= 0.3 is 5.97 Å². The number of para-hydroxylation sites is 2. The fraction of sp³-hybridized carbons (Fsp3) is 0.118. The second-order valence-corrected chi connectivity index (χ2v) is 4.69. The molecule has 0 aliphatic carbocycles. The summed E-state index contributed by atoms with van der Waals surface area (Å²) in [6, 6.07) is 15.4. The van der Waals surface area contributed by atoms with Gasteiger partial charge in [-0.05, 0) is 24.3 Å². The molecule has 1 aromatic heterocycles. The number of aromatic amines is 1. The van der Waals surface area contributed by atoms with Crippen LogP contribution in [0.25, 0.3) is 10.9 Å². The molecule has 0 unspecified atom stereocenters. The van der Waals surface area contributed by atoms with Crippen LogP contribution >= 0.6 is 0 Å². The molecular weight excluding hydrogens is 285 g/mol. The zero-order valence-electron chi connectivity index (χ0n) is 11.7. The lowest BCUT2D eigenvalue weighted by Crippen LogP contribution is -2.13. The number of nitrogens with one attached hydrogen (secondary N) is 1. The summed E-state index contributed by atoms with van der Waals surface area (Å²) in [5.74, 6) is -0.762.